The van der Waals surface area contributed by atoms with Crippen LogP contribution in [-0.4, -0.2) is 68.6 Å². The van der Waals surface area contributed by atoms with Gasteiger partial charge in [0.15, 0.2) is 0 Å². The Bertz CT molecular complexity index is 233. The van der Waals surface area contributed by atoms with Crippen LogP contribution in [0.1, 0.15) is 20.3 Å². The smallest absolute Gasteiger partial charge is 0.238 e. The number of carbonyl (C=O) groups is 1. The van der Waals surface area contributed by atoms with Crippen molar-refractivity contribution in [2.24, 2.45) is 5.73 Å². The van der Waals surface area contributed by atoms with E-state index in [1.54, 1.807) is 7.05 Å². The normalized spacial score (nSPS) is 15.2. The molecule has 0 aliphatic rings. The molecule has 0 aromatic carbocycles. The molecule has 0 radical (unpaired) electrons. The van der Waals surface area contributed by atoms with Crippen molar-refractivity contribution in [3.63, 3.8) is 0 Å². The highest BCUT2D eigenvalue weighted by Crippen LogP contribution is 2.06. The summed E-state index contributed by atoms with van der Waals surface area (Å²) in [6.45, 7) is 7.57. The van der Waals surface area contributed by atoms with E-state index in [1.165, 1.54) is 0 Å². The number of likely N-dealkylation sites (N-methyl/N-ethyl adjacent to an activating group) is 2. The van der Waals surface area contributed by atoms with E-state index < -0.39 is 5.54 Å². The van der Waals surface area contributed by atoms with E-state index in [9.17, 15) is 4.79 Å². The molecule has 0 aliphatic heterocycles. The van der Waals surface area contributed by atoms with Gasteiger partial charge in [-0.1, -0.05) is 6.92 Å². The van der Waals surface area contributed by atoms with Gasteiger partial charge in [0.1, 0.15) is 5.54 Å². The van der Waals surface area contributed by atoms with Crippen LogP contribution in [0.2, 0.25) is 0 Å². The zero-order valence-corrected chi connectivity index (χ0v) is 11.9. The van der Waals surface area contributed by atoms with Crippen LogP contribution in [0.15, 0.2) is 0 Å². The molecule has 102 valence electrons. The minimum atomic E-state index is -0.651. The second-order valence-corrected chi connectivity index (χ2v) is 5.03. The van der Waals surface area contributed by atoms with Crippen molar-refractivity contribution in [2.75, 3.05) is 47.3 Å². The minimum Gasteiger partial charge on any atom is -0.368 e. The van der Waals surface area contributed by atoms with Crippen LogP contribution >= 0.6 is 0 Å². The first-order valence-corrected chi connectivity index (χ1v) is 6.21. The standard InChI is InChI=1S/C12H28N4O/c1-6-7-16(9-8-15(4)5)10-12(2,14-3)11(13)17/h14H,6-10H2,1-5H3,(H2,13,17). The van der Waals surface area contributed by atoms with Gasteiger partial charge >= 0.3 is 0 Å². The molecule has 1 atom stereocenters. The van der Waals surface area contributed by atoms with Gasteiger partial charge in [-0.15, -0.1) is 0 Å². The molecule has 0 heterocycles. The Morgan fingerprint density at radius 1 is 1.29 bits per heavy atom. The topological polar surface area (TPSA) is 61.6 Å². The van der Waals surface area contributed by atoms with Gasteiger partial charge in [0.2, 0.25) is 5.91 Å². The molecule has 0 aliphatic carbocycles. The average Bonchev–Trinajstić information content (AvgIpc) is 2.25. The maximum atomic E-state index is 11.5. The van der Waals surface area contributed by atoms with E-state index in [0.717, 1.165) is 26.1 Å². The van der Waals surface area contributed by atoms with Crippen LogP contribution in [0.4, 0.5) is 0 Å². The summed E-state index contributed by atoms with van der Waals surface area (Å²) < 4.78 is 0. The molecular formula is C12H28N4O. The Kier molecular flexibility index (Phi) is 7.34. The maximum Gasteiger partial charge on any atom is 0.238 e. The first kappa shape index (κ1) is 16.4. The Labute approximate surface area is 105 Å². The van der Waals surface area contributed by atoms with Crippen LogP contribution in [0.3, 0.4) is 0 Å². The van der Waals surface area contributed by atoms with Gasteiger partial charge in [0, 0.05) is 19.6 Å². The molecule has 0 saturated heterocycles. The van der Waals surface area contributed by atoms with Gasteiger partial charge in [-0.25, -0.2) is 0 Å². The summed E-state index contributed by atoms with van der Waals surface area (Å²) in [6, 6.07) is 0. The third kappa shape index (κ3) is 6.00. The fraction of sp³-hybridized carbons (Fsp3) is 0.917. The summed E-state index contributed by atoms with van der Waals surface area (Å²) in [4.78, 5) is 15.9. The summed E-state index contributed by atoms with van der Waals surface area (Å²) in [5, 5.41) is 3.02. The lowest BCUT2D eigenvalue weighted by Gasteiger charge is -2.33. The van der Waals surface area contributed by atoms with Crippen molar-refractivity contribution in [3.05, 3.63) is 0 Å². The van der Waals surface area contributed by atoms with Crippen molar-refractivity contribution in [2.45, 2.75) is 25.8 Å². The summed E-state index contributed by atoms with van der Waals surface area (Å²) in [5.41, 5.74) is 4.79. The quantitative estimate of drug-likeness (QED) is 0.586. The van der Waals surface area contributed by atoms with E-state index in [1.807, 2.05) is 6.92 Å². The fourth-order valence-corrected chi connectivity index (χ4v) is 1.65. The highest BCUT2D eigenvalue weighted by molar-refractivity contribution is 5.84. The van der Waals surface area contributed by atoms with Crippen LogP contribution in [-0.2, 0) is 4.79 Å². The van der Waals surface area contributed by atoms with Gasteiger partial charge in [0.05, 0.1) is 0 Å². The number of amides is 1. The number of nitrogens with two attached hydrogens (primary N) is 1. The second-order valence-electron chi connectivity index (χ2n) is 5.03. The van der Waals surface area contributed by atoms with E-state index in [0.29, 0.717) is 6.54 Å². The van der Waals surface area contributed by atoms with E-state index in [-0.39, 0.29) is 5.91 Å². The van der Waals surface area contributed by atoms with E-state index in [4.69, 9.17) is 5.73 Å². The molecule has 0 saturated carbocycles. The highest BCUT2D eigenvalue weighted by atomic mass is 16.1. The van der Waals surface area contributed by atoms with Gasteiger partial charge in [-0.2, -0.15) is 0 Å². The molecule has 1 amide bonds. The van der Waals surface area contributed by atoms with Crippen molar-refractivity contribution in [1.82, 2.24) is 15.1 Å². The molecule has 0 rings (SSSR count). The van der Waals surface area contributed by atoms with E-state index in [2.05, 4.69) is 36.1 Å². The second kappa shape index (κ2) is 7.63. The summed E-state index contributed by atoms with van der Waals surface area (Å²) in [7, 11) is 5.88. The third-order valence-electron chi connectivity index (χ3n) is 3.04. The molecular weight excluding hydrogens is 216 g/mol. The Morgan fingerprint density at radius 2 is 1.88 bits per heavy atom. The molecule has 3 N–H and O–H groups in total. The number of nitrogens with zero attached hydrogens (tertiary/aromatic N) is 2. The highest BCUT2D eigenvalue weighted by Gasteiger charge is 2.31. The monoisotopic (exact) mass is 244 g/mol. The van der Waals surface area contributed by atoms with Gasteiger partial charge in [-0.05, 0) is 41.0 Å². The lowest BCUT2D eigenvalue weighted by Crippen LogP contribution is -2.59. The SMILES string of the molecule is CCCN(CCN(C)C)CC(C)(NC)C(N)=O. The molecule has 1 unspecified atom stereocenters. The molecule has 0 aromatic rings. The number of nitrogens with one attached hydrogen (secondary N) is 1. The number of rotatable bonds is 9. The minimum absolute atomic E-state index is 0.300. The number of hydrogen-bond donors (Lipinski definition) is 2. The Balaban J connectivity index is 4.44. The molecule has 17 heavy (non-hydrogen) atoms. The van der Waals surface area contributed by atoms with Crippen LogP contribution in [0.5, 0.6) is 0 Å². The third-order valence-corrected chi connectivity index (χ3v) is 3.04. The Hall–Kier alpha value is -0.650. The van der Waals surface area contributed by atoms with Gasteiger partial charge < -0.3 is 16.0 Å². The number of hydrogen-bond acceptors (Lipinski definition) is 4. The molecule has 5 nitrogen and oxygen atoms in total. The first-order chi connectivity index (χ1) is 7.85. The largest absolute Gasteiger partial charge is 0.368 e. The summed E-state index contributed by atoms with van der Waals surface area (Å²) in [5.74, 6) is -0.300. The predicted molar refractivity (Wildman–Crippen MR) is 71.9 cm³/mol. The summed E-state index contributed by atoms with van der Waals surface area (Å²) >= 11 is 0. The number of carbonyl (C=O) groups excluding carboxylic acids is 1. The number of primary amides is 1. The van der Waals surface area contributed by atoms with E-state index >= 15 is 0 Å². The summed E-state index contributed by atoms with van der Waals surface area (Å²) in [6.07, 6.45) is 1.08. The van der Waals surface area contributed by atoms with Crippen LogP contribution in [0.25, 0.3) is 0 Å². The average molecular weight is 244 g/mol. The van der Waals surface area contributed by atoms with Crippen molar-refractivity contribution in [3.8, 4) is 0 Å². The zero-order valence-electron chi connectivity index (χ0n) is 11.9. The lowest BCUT2D eigenvalue weighted by atomic mass is 10.0. The van der Waals surface area contributed by atoms with Gasteiger partial charge in [0.25, 0.3) is 0 Å². The Morgan fingerprint density at radius 3 is 2.24 bits per heavy atom. The van der Waals surface area contributed by atoms with Crippen LogP contribution < -0.4 is 11.1 Å². The maximum absolute atomic E-state index is 11.5. The van der Waals surface area contributed by atoms with Gasteiger partial charge in [-0.3, -0.25) is 9.69 Å². The zero-order chi connectivity index (χ0) is 13.5. The van der Waals surface area contributed by atoms with Crippen molar-refractivity contribution < 1.29 is 4.79 Å². The molecule has 5 heteroatoms. The lowest BCUT2D eigenvalue weighted by molar-refractivity contribution is -0.124. The molecule has 0 bridgehead atoms. The predicted octanol–water partition coefficient (Wildman–Crippen LogP) is -0.277. The van der Waals surface area contributed by atoms with Crippen LogP contribution in [0, 0.1) is 0 Å². The van der Waals surface area contributed by atoms with Crippen molar-refractivity contribution in [1.29, 1.82) is 0 Å². The fourth-order valence-electron chi connectivity index (χ4n) is 1.65. The molecule has 0 aromatic heterocycles. The molecule has 0 fully saturated rings. The van der Waals surface area contributed by atoms with Crippen molar-refractivity contribution >= 4 is 5.91 Å². The first-order valence-electron chi connectivity index (χ1n) is 6.21. The molecule has 0 spiro atoms.